The van der Waals surface area contributed by atoms with Crippen molar-refractivity contribution < 1.29 is 4.79 Å². The monoisotopic (exact) mass is 311 g/mol. The van der Waals surface area contributed by atoms with Crippen LogP contribution in [0.2, 0.25) is 5.02 Å². The van der Waals surface area contributed by atoms with E-state index >= 15 is 0 Å². The van der Waals surface area contributed by atoms with Crippen LogP contribution < -0.4 is 5.43 Å². The lowest BCUT2D eigenvalue weighted by atomic mass is 10.1. The number of fused-ring (bicyclic) bond motifs is 1. The van der Waals surface area contributed by atoms with Gasteiger partial charge >= 0.3 is 0 Å². The molecule has 0 atom stereocenters. The van der Waals surface area contributed by atoms with E-state index in [0.717, 1.165) is 22.2 Å². The largest absolute Gasteiger partial charge is 0.358 e. The van der Waals surface area contributed by atoms with Gasteiger partial charge in [0.05, 0.1) is 6.21 Å². The van der Waals surface area contributed by atoms with Crippen LogP contribution in [0, 0.1) is 6.92 Å². The summed E-state index contributed by atoms with van der Waals surface area (Å²) in [5, 5.41) is 5.71. The molecule has 0 saturated carbocycles. The van der Waals surface area contributed by atoms with Gasteiger partial charge in [0.15, 0.2) is 0 Å². The van der Waals surface area contributed by atoms with Crippen molar-refractivity contribution >= 4 is 34.6 Å². The molecule has 0 bridgehead atoms. The number of halogens is 1. The first kappa shape index (κ1) is 14.4. The van der Waals surface area contributed by atoms with Crippen LogP contribution in [-0.2, 0) is 0 Å². The van der Waals surface area contributed by atoms with Gasteiger partial charge in [-0.15, -0.1) is 0 Å². The number of aryl methyl sites for hydroxylation is 1. The maximum atomic E-state index is 12.0. The Kier molecular flexibility index (Phi) is 3.94. The molecule has 22 heavy (non-hydrogen) atoms. The molecule has 0 aliphatic carbocycles. The summed E-state index contributed by atoms with van der Waals surface area (Å²) in [5.41, 5.74) is 6.05. The zero-order chi connectivity index (χ0) is 15.5. The molecular formula is C17H14ClN3O. The van der Waals surface area contributed by atoms with Gasteiger partial charge in [0, 0.05) is 32.7 Å². The van der Waals surface area contributed by atoms with Crippen molar-refractivity contribution in [3.8, 4) is 0 Å². The van der Waals surface area contributed by atoms with Crippen LogP contribution in [0.4, 0.5) is 0 Å². The third-order valence-corrected chi connectivity index (χ3v) is 3.66. The molecule has 0 unspecified atom stereocenters. The smallest absolute Gasteiger partial charge is 0.271 e. The average molecular weight is 312 g/mol. The lowest BCUT2D eigenvalue weighted by molar-refractivity contribution is 0.0955. The fraction of sp³-hybridized carbons (Fsp3) is 0.0588. The molecule has 2 N–H and O–H groups in total. The summed E-state index contributed by atoms with van der Waals surface area (Å²) in [5.74, 6) is -0.273. The van der Waals surface area contributed by atoms with Crippen molar-refractivity contribution in [2.24, 2.45) is 5.10 Å². The molecule has 4 nitrogen and oxygen atoms in total. The summed E-state index contributed by atoms with van der Waals surface area (Å²) >= 11 is 5.80. The summed E-state index contributed by atoms with van der Waals surface area (Å²) in [4.78, 5) is 15.2. The predicted molar refractivity (Wildman–Crippen MR) is 89.5 cm³/mol. The standard InChI is InChI=1S/C17H14ClN3O/c1-11-15(14-4-2-3-5-16(14)20-11)10-19-21-17(22)12-6-8-13(18)9-7-12/h2-10,20H,1H3,(H,21,22)/b19-10+. The highest BCUT2D eigenvalue weighted by atomic mass is 35.5. The van der Waals surface area contributed by atoms with E-state index in [-0.39, 0.29) is 5.91 Å². The number of rotatable bonds is 3. The maximum Gasteiger partial charge on any atom is 0.271 e. The molecule has 1 amide bonds. The summed E-state index contributed by atoms with van der Waals surface area (Å²) in [6, 6.07) is 14.6. The molecule has 1 heterocycles. The maximum absolute atomic E-state index is 12.0. The van der Waals surface area contributed by atoms with Gasteiger partial charge in [-0.3, -0.25) is 4.79 Å². The number of H-pyrrole nitrogens is 1. The highest BCUT2D eigenvalue weighted by Gasteiger charge is 2.06. The number of hydrazone groups is 1. The van der Waals surface area contributed by atoms with E-state index in [1.54, 1.807) is 30.5 Å². The highest BCUT2D eigenvalue weighted by Crippen LogP contribution is 2.19. The van der Waals surface area contributed by atoms with E-state index in [1.165, 1.54) is 0 Å². The number of nitrogens with one attached hydrogen (secondary N) is 2. The van der Waals surface area contributed by atoms with Gasteiger partial charge in [-0.1, -0.05) is 29.8 Å². The van der Waals surface area contributed by atoms with E-state index < -0.39 is 0 Å². The number of aromatic amines is 1. The minimum Gasteiger partial charge on any atom is -0.358 e. The Morgan fingerprint density at radius 3 is 2.68 bits per heavy atom. The molecule has 0 radical (unpaired) electrons. The first-order chi connectivity index (χ1) is 10.6. The molecule has 3 aromatic rings. The van der Waals surface area contributed by atoms with Gasteiger partial charge in [0.25, 0.3) is 5.91 Å². The van der Waals surface area contributed by atoms with Gasteiger partial charge in [0.2, 0.25) is 0 Å². The molecule has 0 saturated heterocycles. The fourth-order valence-electron chi connectivity index (χ4n) is 2.29. The lowest BCUT2D eigenvalue weighted by Crippen LogP contribution is -2.17. The average Bonchev–Trinajstić information content (AvgIpc) is 2.84. The number of hydrogen-bond acceptors (Lipinski definition) is 2. The van der Waals surface area contributed by atoms with Crippen molar-refractivity contribution in [1.29, 1.82) is 0 Å². The molecule has 3 rings (SSSR count). The molecule has 0 aliphatic rings. The number of aromatic nitrogens is 1. The Hall–Kier alpha value is -2.59. The zero-order valence-electron chi connectivity index (χ0n) is 11.9. The summed E-state index contributed by atoms with van der Waals surface area (Å²) in [7, 11) is 0. The summed E-state index contributed by atoms with van der Waals surface area (Å²) in [6.45, 7) is 1.97. The van der Waals surface area contributed by atoms with Gasteiger partial charge in [-0.05, 0) is 37.3 Å². The Labute approximate surface area is 132 Å². The summed E-state index contributed by atoms with van der Waals surface area (Å²) < 4.78 is 0. The van der Waals surface area contributed by atoms with Gasteiger partial charge in [-0.25, -0.2) is 5.43 Å². The number of amides is 1. The van der Waals surface area contributed by atoms with E-state index in [2.05, 4.69) is 15.5 Å². The molecular weight excluding hydrogens is 298 g/mol. The van der Waals surface area contributed by atoms with Gasteiger partial charge in [0.1, 0.15) is 0 Å². The molecule has 0 aliphatic heterocycles. The number of benzene rings is 2. The topological polar surface area (TPSA) is 57.2 Å². The molecule has 110 valence electrons. The summed E-state index contributed by atoms with van der Waals surface area (Å²) in [6.07, 6.45) is 1.65. The predicted octanol–water partition coefficient (Wildman–Crippen LogP) is 3.89. The minimum absolute atomic E-state index is 0.273. The van der Waals surface area contributed by atoms with Crippen LogP contribution in [0.25, 0.3) is 10.9 Å². The third kappa shape index (κ3) is 2.87. The third-order valence-electron chi connectivity index (χ3n) is 3.41. The first-order valence-electron chi connectivity index (χ1n) is 6.81. The van der Waals surface area contributed by atoms with Gasteiger partial charge < -0.3 is 4.98 Å². The number of carbonyl (C=O) groups is 1. The quantitative estimate of drug-likeness (QED) is 0.559. The van der Waals surface area contributed by atoms with E-state index in [4.69, 9.17) is 11.6 Å². The van der Waals surface area contributed by atoms with Crippen molar-refractivity contribution in [2.45, 2.75) is 6.92 Å². The number of nitrogens with zero attached hydrogens (tertiary/aromatic N) is 1. The van der Waals surface area contributed by atoms with Crippen LogP contribution >= 0.6 is 11.6 Å². The van der Waals surface area contributed by atoms with E-state index in [0.29, 0.717) is 10.6 Å². The SMILES string of the molecule is Cc1[nH]c2ccccc2c1/C=N/NC(=O)c1ccc(Cl)cc1. The van der Waals surface area contributed by atoms with Crippen LogP contribution in [0.3, 0.4) is 0 Å². The van der Waals surface area contributed by atoms with Crippen molar-refractivity contribution in [3.63, 3.8) is 0 Å². The zero-order valence-corrected chi connectivity index (χ0v) is 12.7. The van der Waals surface area contributed by atoms with E-state index in [9.17, 15) is 4.79 Å². The Morgan fingerprint density at radius 1 is 1.18 bits per heavy atom. The molecule has 0 spiro atoms. The highest BCUT2D eigenvalue weighted by molar-refractivity contribution is 6.30. The second kappa shape index (κ2) is 6.03. The number of carbonyl (C=O) groups excluding carboxylic acids is 1. The van der Waals surface area contributed by atoms with Gasteiger partial charge in [-0.2, -0.15) is 5.10 Å². The molecule has 2 aromatic carbocycles. The molecule has 1 aromatic heterocycles. The van der Waals surface area contributed by atoms with Crippen molar-refractivity contribution in [3.05, 3.63) is 70.4 Å². The first-order valence-corrected chi connectivity index (χ1v) is 7.19. The number of para-hydroxylation sites is 1. The van der Waals surface area contributed by atoms with Crippen LogP contribution in [0.5, 0.6) is 0 Å². The van der Waals surface area contributed by atoms with Crippen molar-refractivity contribution in [2.75, 3.05) is 0 Å². The second-order valence-corrected chi connectivity index (χ2v) is 5.35. The minimum atomic E-state index is -0.273. The van der Waals surface area contributed by atoms with Crippen molar-refractivity contribution in [1.82, 2.24) is 10.4 Å². The van der Waals surface area contributed by atoms with Crippen LogP contribution in [0.1, 0.15) is 21.6 Å². The van der Waals surface area contributed by atoms with Crippen LogP contribution in [0.15, 0.2) is 53.6 Å². The van der Waals surface area contributed by atoms with E-state index in [1.807, 2.05) is 31.2 Å². The lowest BCUT2D eigenvalue weighted by Gasteiger charge is -1.99. The fourth-order valence-corrected chi connectivity index (χ4v) is 2.41. The normalized spacial score (nSPS) is 11.2. The Morgan fingerprint density at radius 2 is 1.91 bits per heavy atom. The number of hydrogen-bond donors (Lipinski definition) is 2. The Bertz CT molecular complexity index is 850. The van der Waals surface area contributed by atoms with Crippen LogP contribution in [-0.4, -0.2) is 17.1 Å². The molecule has 5 heteroatoms. The molecule has 0 fully saturated rings. The Balaban J connectivity index is 1.77. The second-order valence-electron chi connectivity index (χ2n) is 4.92.